The lowest BCUT2D eigenvalue weighted by molar-refractivity contribution is -0.108. The molecule has 5 unspecified atom stereocenters. The van der Waals surface area contributed by atoms with Crippen molar-refractivity contribution in [3.05, 3.63) is 55.6 Å². The monoisotopic (exact) mass is 563 g/mol. The normalized spacial score (nSPS) is 26.1. The molecule has 4 heteroatoms. The summed E-state index contributed by atoms with van der Waals surface area (Å²) in [6.45, 7) is 30.7. The molecule has 0 spiro atoms. The smallest absolute Gasteiger partial charge is 0.146 e. The van der Waals surface area contributed by atoms with Gasteiger partial charge in [-0.2, -0.15) is 0 Å². The van der Waals surface area contributed by atoms with E-state index < -0.39 is 5.72 Å². The average molecular weight is 564 g/mol. The van der Waals surface area contributed by atoms with Crippen molar-refractivity contribution in [1.82, 2.24) is 14.0 Å². The number of ether oxygens (including phenoxy) is 1. The Balaban J connectivity index is 1.99. The van der Waals surface area contributed by atoms with E-state index >= 15 is 0 Å². The van der Waals surface area contributed by atoms with Gasteiger partial charge in [0.05, 0.1) is 22.1 Å². The highest BCUT2D eigenvalue weighted by Gasteiger charge is 2.47. The third-order valence-corrected chi connectivity index (χ3v) is 13.2. The first-order valence-corrected chi connectivity index (χ1v) is 16.0. The van der Waals surface area contributed by atoms with Crippen LogP contribution in [0.25, 0.3) is 43.6 Å². The summed E-state index contributed by atoms with van der Waals surface area (Å²) in [4.78, 5) is 2.59. The summed E-state index contributed by atoms with van der Waals surface area (Å²) in [7, 11) is 4.25. The molecule has 3 aromatic carbocycles. The van der Waals surface area contributed by atoms with Gasteiger partial charge in [-0.25, -0.2) is 0 Å². The van der Waals surface area contributed by atoms with Crippen LogP contribution in [0.15, 0.2) is 0 Å². The Bertz CT molecular complexity index is 2050. The Kier molecular flexibility index (Phi) is 5.61. The molecule has 0 radical (unpaired) electrons. The van der Waals surface area contributed by atoms with Gasteiger partial charge in [-0.3, -0.25) is 4.90 Å². The third kappa shape index (κ3) is 2.79. The molecule has 2 aliphatic heterocycles. The molecular formula is C38H49N3O. The predicted octanol–water partition coefficient (Wildman–Crippen LogP) is 9.97. The molecule has 42 heavy (non-hydrogen) atoms. The summed E-state index contributed by atoms with van der Waals surface area (Å²) in [5.41, 5.74) is 19.4. The van der Waals surface area contributed by atoms with Gasteiger partial charge in [-0.05, 0) is 146 Å². The summed E-state index contributed by atoms with van der Waals surface area (Å²) < 4.78 is 12.2. The second-order valence-electron chi connectivity index (χ2n) is 14.2. The molecule has 0 saturated heterocycles. The van der Waals surface area contributed by atoms with Gasteiger partial charge in [0.25, 0.3) is 0 Å². The van der Waals surface area contributed by atoms with Crippen LogP contribution in [0.1, 0.15) is 108 Å². The number of rotatable bonds is 1. The first kappa shape index (κ1) is 28.0. The van der Waals surface area contributed by atoms with Crippen molar-refractivity contribution in [2.24, 2.45) is 5.92 Å². The highest BCUT2D eigenvalue weighted by molar-refractivity contribution is 6.27. The van der Waals surface area contributed by atoms with Crippen molar-refractivity contribution in [2.75, 3.05) is 14.2 Å². The fourth-order valence-corrected chi connectivity index (χ4v) is 9.33. The summed E-state index contributed by atoms with van der Waals surface area (Å²) >= 11 is 0. The lowest BCUT2D eigenvalue weighted by Gasteiger charge is -2.39. The van der Waals surface area contributed by atoms with Gasteiger partial charge in [0.2, 0.25) is 0 Å². The Hall–Kier alpha value is -2.82. The molecule has 5 atom stereocenters. The molecule has 0 aliphatic carbocycles. The SMILES string of the molecule is COC1(C)C(C)C(C)n2c3c(C)c(C)c(C)c(C)c3c3c4c(c5c6c(C)c(C)c(C)c(C)c6n1c5c32)C(C)N(C)C4C. The minimum atomic E-state index is -0.521. The van der Waals surface area contributed by atoms with E-state index in [0.29, 0.717) is 12.1 Å². The van der Waals surface area contributed by atoms with Gasteiger partial charge in [-0.1, -0.05) is 6.92 Å². The van der Waals surface area contributed by atoms with Gasteiger partial charge >= 0.3 is 0 Å². The zero-order chi connectivity index (χ0) is 30.6. The molecule has 0 saturated carbocycles. The second-order valence-corrected chi connectivity index (χ2v) is 14.2. The summed E-state index contributed by atoms with van der Waals surface area (Å²) in [5.74, 6) is 0.225. The predicted molar refractivity (Wildman–Crippen MR) is 179 cm³/mol. The van der Waals surface area contributed by atoms with Crippen LogP contribution in [-0.2, 0) is 10.5 Å². The second kappa shape index (κ2) is 8.42. The maximum atomic E-state index is 6.73. The van der Waals surface area contributed by atoms with Gasteiger partial charge in [-0.15, -0.1) is 0 Å². The van der Waals surface area contributed by atoms with Gasteiger partial charge in [0.1, 0.15) is 5.72 Å². The highest BCUT2D eigenvalue weighted by atomic mass is 16.5. The van der Waals surface area contributed by atoms with Crippen LogP contribution in [0.5, 0.6) is 0 Å². The first-order valence-electron chi connectivity index (χ1n) is 16.0. The number of fused-ring (bicyclic) bond motifs is 9. The van der Waals surface area contributed by atoms with Crippen LogP contribution in [0.4, 0.5) is 0 Å². The molecule has 4 heterocycles. The molecule has 0 N–H and O–H groups in total. The number of aromatic nitrogens is 2. The number of hydrogen-bond acceptors (Lipinski definition) is 2. The van der Waals surface area contributed by atoms with Crippen molar-refractivity contribution in [3.8, 4) is 0 Å². The first-order chi connectivity index (χ1) is 19.6. The largest absolute Gasteiger partial charge is 0.358 e. The standard InChI is InChI=1S/C38H49N3O/c1-16-18(3)22(7)34-28(20(16)5)32-30-26(11)39(14)27(12)31(30)33-29-21(6)17(2)19(4)23(8)35(29)41-37(33)36(32)40(34)25(10)24(9)38(41,13)42-15/h24-27H,1-15H3. The topological polar surface area (TPSA) is 22.3 Å². The van der Waals surface area contributed by atoms with Crippen molar-refractivity contribution < 1.29 is 4.74 Å². The van der Waals surface area contributed by atoms with Gasteiger partial charge in [0, 0.05) is 52.7 Å². The van der Waals surface area contributed by atoms with E-state index in [1.54, 1.807) is 0 Å². The third-order valence-electron chi connectivity index (χ3n) is 13.2. The van der Waals surface area contributed by atoms with Crippen molar-refractivity contribution in [1.29, 1.82) is 0 Å². The van der Waals surface area contributed by atoms with Crippen LogP contribution in [0, 0.1) is 61.3 Å². The zero-order valence-electron chi connectivity index (χ0n) is 28.6. The van der Waals surface area contributed by atoms with E-state index in [1.807, 2.05) is 7.11 Å². The summed E-state index contributed by atoms with van der Waals surface area (Å²) in [6, 6.07) is 0.889. The minimum Gasteiger partial charge on any atom is -0.358 e. The fourth-order valence-electron chi connectivity index (χ4n) is 9.33. The Morgan fingerprint density at radius 3 is 1.48 bits per heavy atom. The van der Waals surface area contributed by atoms with Crippen molar-refractivity contribution in [3.63, 3.8) is 0 Å². The van der Waals surface area contributed by atoms with E-state index in [9.17, 15) is 0 Å². The molecule has 222 valence electrons. The number of benzene rings is 3. The van der Waals surface area contributed by atoms with Crippen molar-refractivity contribution in [2.45, 2.75) is 114 Å². The van der Waals surface area contributed by atoms with Crippen molar-refractivity contribution >= 4 is 43.6 Å². The number of aryl methyl sites for hydroxylation is 4. The summed E-state index contributed by atoms with van der Waals surface area (Å²) in [5, 5.41) is 5.83. The Morgan fingerprint density at radius 1 is 0.548 bits per heavy atom. The number of nitrogens with zero attached hydrogens (tertiary/aromatic N) is 3. The number of methoxy groups -OCH3 is 1. The lowest BCUT2D eigenvalue weighted by Crippen LogP contribution is -2.41. The molecular weight excluding hydrogens is 514 g/mol. The molecule has 7 rings (SSSR count). The van der Waals surface area contributed by atoms with E-state index in [2.05, 4.69) is 111 Å². The molecule has 5 aromatic rings. The minimum absolute atomic E-state index is 0.225. The average Bonchev–Trinajstić information content (AvgIpc) is 3.57. The lowest BCUT2D eigenvalue weighted by atomic mass is 9.87. The molecule has 2 aliphatic rings. The van der Waals surface area contributed by atoms with E-state index in [-0.39, 0.29) is 12.0 Å². The van der Waals surface area contributed by atoms with E-state index in [0.717, 1.165) is 0 Å². The van der Waals surface area contributed by atoms with E-state index in [1.165, 1.54) is 99.2 Å². The molecule has 0 bridgehead atoms. The van der Waals surface area contributed by atoms with Crippen LogP contribution in [-0.4, -0.2) is 28.2 Å². The van der Waals surface area contributed by atoms with E-state index in [4.69, 9.17) is 4.74 Å². The quantitative estimate of drug-likeness (QED) is 0.202. The Morgan fingerprint density at radius 2 is 0.976 bits per heavy atom. The molecule has 4 nitrogen and oxygen atoms in total. The van der Waals surface area contributed by atoms with Crippen LogP contribution in [0.2, 0.25) is 0 Å². The van der Waals surface area contributed by atoms with Crippen LogP contribution in [0.3, 0.4) is 0 Å². The fraction of sp³-hybridized carbons (Fsp3) is 0.526. The zero-order valence-corrected chi connectivity index (χ0v) is 28.6. The molecule has 0 fully saturated rings. The molecule has 0 amide bonds. The maximum Gasteiger partial charge on any atom is 0.146 e. The van der Waals surface area contributed by atoms with Crippen LogP contribution >= 0.6 is 0 Å². The van der Waals surface area contributed by atoms with Crippen LogP contribution < -0.4 is 0 Å². The summed E-state index contributed by atoms with van der Waals surface area (Å²) in [6.07, 6.45) is 0. The Labute approximate surface area is 251 Å². The highest BCUT2D eigenvalue weighted by Crippen LogP contribution is 2.58. The van der Waals surface area contributed by atoms with Gasteiger partial charge in [0.15, 0.2) is 0 Å². The van der Waals surface area contributed by atoms with Gasteiger partial charge < -0.3 is 13.9 Å². The number of hydrogen-bond donors (Lipinski definition) is 0. The molecule has 2 aromatic heterocycles. The maximum absolute atomic E-state index is 6.73.